The van der Waals surface area contributed by atoms with E-state index in [1.165, 1.54) is 14.0 Å². The van der Waals surface area contributed by atoms with E-state index in [4.69, 9.17) is 0 Å². The molecule has 0 aliphatic rings. The first-order chi connectivity index (χ1) is 6.55. The van der Waals surface area contributed by atoms with Crippen molar-refractivity contribution in [2.75, 3.05) is 6.26 Å². The predicted octanol–water partition coefficient (Wildman–Crippen LogP) is 1.15. The van der Waals surface area contributed by atoms with E-state index in [2.05, 4.69) is 5.10 Å². The summed E-state index contributed by atoms with van der Waals surface area (Å²) in [6, 6.07) is 0. The molecule has 8 heteroatoms. The highest BCUT2D eigenvalue weighted by Gasteiger charge is 2.41. The standard InChI is InChI=1S/C7H9F3N2O2S/c1-4-5(15(3,13)14)6(7(8,9)10)11-12(4)2/h1-3H3. The number of sulfone groups is 1. The Bertz CT molecular complexity index is 487. The van der Waals surface area contributed by atoms with Gasteiger partial charge in [-0.15, -0.1) is 0 Å². The van der Waals surface area contributed by atoms with Crippen LogP contribution in [0.5, 0.6) is 0 Å². The first-order valence-electron chi connectivity index (χ1n) is 3.86. The molecule has 0 saturated carbocycles. The van der Waals surface area contributed by atoms with Crippen molar-refractivity contribution < 1.29 is 21.6 Å². The molecule has 0 unspecified atom stereocenters. The van der Waals surface area contributed by atoms with Crippen molar-refractivity contribution >= 4 is 9.84 Å². The molecule has 0 N–H and O–H groups in total. The fraction of sp³-hybridized carbons (Fsp3) is 0.571. The van der Waals surface area contributed by atoms with E-state index < -0.39 is 26.6 Å². The maximum atomic E-state index is 12.4. The molecule has 1 heterocycles. The van der Waals surface area contributed by atoms with E-state index in [-0.39, 0.29) is 5.69 Å². The Labute approximate surface area is 84.6 Å². The maximum Gasteiger partial charge on any atom is 0.436 e. The summed E-state index contributed by atoms with van der Waals surface area (Å²) in [5.41, 5.74) is -1.38. The largest absolute Gasteiger partial charge is 0.436 e. The summed E-state index contributed by atoms with van der Waals surface area (Å²) in [6.07, 6.45) is -4.03. The van der Waals surface area contributed by atoms with Gasteiger partial charge in [-0.05, 0) is 6.92 Å². The summed E-state index contributed by atoms with van der Waals surface area (Å²) in [5.74, 6) is 0. The van der Waals surface area contributed by atoms with E-state index in [1.54, 1.807) is 0 Å². The molecule has 1 aromatic heterocycles. The molecule has 0 radical (unpaired) electrons. The van der Waals surface area contributed by atoms with E-state index in [0.717, 1.165) is 10.9 Å². The maximum absolute atomic E-state index is 12.4. The lowest BCUT2D eigenvalue weighted by Crippen LogP contribution is -2.12. The number of hydrogen-bond acceptors (Lipinski definition) is 3. The Morgan fingerprint density at radius 1 is 1.33 bits per heavy atom. The van der Waals surface area contributed by atoms with Crippen molar-refractivity contribution in [3.8, 4) is 0 Å². The van der Waals surface area contributed by atoms with Gasteiger partial charge in [-0.2, -0.15) is 18.3 Å². The van der Waals surface area contributed by atoms with E-state index in [0.29, 0.717) is 0 Å². The van der Waals surface area contributed by atoms with Crippen molar-refractivity contribution in [3.63, 3.8) is 0 Å². The minimum Gasteiger partial charge on any atom is -0.271 e. The van der Waals surface area contributed by atoms with Gasteiger partial charge in [-0.1, -0.05) is 0 Å². The van der Waals surface area contributed by atoms with Crippen LogP contribution in [-0.4, -0.2) is 24.5 Å². The van der Waals surface area contributed by atoms with Crippen LogP contribution in [0.3, 0.4) is 0 Å². The van der Waals surface area contributed by atoms with Gasteiger partial charge in [0.2, 0.25) is 0 Å². The number of hydrogen-bond donors (Lipinski definition) is 0. The van der Waals surface area contributed by atoms with Crippen LogP contribution in [0.2, 0.25) is 0 Å². The number of aromatic nitrogens is 2. The van der Waals surface area contributed by atoms with Gasteiger partial charge in [-0.3, -0.25) is 4.68 Å². The summed E-state index contributed by atoms with van der Waals surface area (Å²) in [4.78, 5) is -0.752. The quantitative estimate of drug-likeness (QED) is 0.742. The molecular formula is C7H9F3N2O2S. The highest BCUT2D eigenvalue weighted by atomic mass is 32.2. The fourth-order valence-corrected chi connectivity index (χ4v) is 2.39. The molecule has 0 fully saturated rings. The van der Waals surface area contributed by atoms with Gasteiger partial charge in [0.1, 0.15) is 4.90 Å². The zero-order chi connectivity index (χ0) is 12.0. The summed E-state index contributed by atoms with van der Waals surface area (Å²) in [6.45, 7) is 1.28. The lowest BCUT2D eigenvalue weighted by atomic mass is 10.3. The normalized spacial score (nSPS) is 13.2. The molecule has 1 aromatic rings. The summed E-state index contributed by atoms with van der Waals surface area (Å²) in [7, 11) is -2.67. The topological polar surface area (TPSA) is 52.0 Å². The van der Waals surface area contributed by atoms with Gasteiger partial charge in [0.25, 0.3) is 0 Å². The van der Waals surface area contributed by atoms with E-state index in [1.807, 2.05) is 0 Å². The number of rotatable bonds is 1. The molecule has 0 spiro atoms. The molecule has 0 amide bonds. The Balaban J connectivity index is 3.63. The molecule has 0 bridgehead atoms. The molecule has 15 heavy (non-hydrogen) atoms. The fourth-order valence-electron chi connectivity index (χ4n) is 1.22. The molecule has 0 aliphatic heterocycles. The summed E-state index contributed by atoms with van der Waals surface area (Å²) in [5, 5.41) is 3.16. The molecule has 0 atom stereocenters. The average molecular weight is 242 g/mol. The lowest BCUT2D eigenvalue weighted by Gasteiger charge is -2.04. The van der Waals surface area contributed by atoms with Crippen LogP contribution < -0.4 is 0 Å². The average Bonchev–Trinajstić information content (AvgIpc) is 2.25. The zero-order valence-electron chi connectivity index (χ0n) is 8.25. The van der Waals surface area contributed by atoms with Crippen LogP contribution in [-0.2, 0) is 23.1 Å². The predicted molar refractivity (Wildman–Crippen MR) is 46.1 cm³/mol. The van der Waals surface area contributed by atoms with Crippen LogP contribution in [0.15, 0.2) is 4.90 Å². The van der Waals surface area contributed by atoms with Gasteiger partial charge in [0.15, 0.2) is 15.5 Å². The van der Waals surface area contributed by atoms with Crippen LogP contribution in [0.4, 0.5) is 13.2 Å². The van der Waals surface area contributed by atoms with Crippen LogP contribution in [0, 0.1) is 6.92 Å². The first kappa shape index (κ1) is 12.0. The number of halogens is 3. The molecule has 4 nitrogen and oxygen atoms in total. The molecule has 0 aromatic carbocycles. The van der Waals surface area contributed by atoms with Crippen molar-refractivity contribution in [3.05, 3.63) is 11.4 Å². The van der Waals surface area contributed by atoms with E-state index in [9.17, 15) is 21.6 Å². The highest BCUT2D eigenvalue weighted by Crippen LogP contribution is 2.34. The van der Waals surface area contributed by atoms with Gasteiger partial charge in [0.05, 0.1) is 5.69 Å². The second kappa shape index (κ2) is 3.22. The van der Waals surface area contributed by atoms with Gasteiger partial charge in [-0.25, -0.2) is 8.42 Å². The van der Waals surface area contributed by atoms with E-state index >= 15 is 0 Å². The molecule has 0 saturated heterocycles. The summed E-state index contributed by atoms with van der Waals surface area (Å²) < 4.78 is 60.6. The minimum atomic E-state index is -4.76. The van der Waals surface area contributed by atoms with Gasteiger partial charge >= 0.3 is 6.18 Å². The van der Waals surface area contributed by atoms with Crippen LogP contribution in [0.25, 0.3) is 0 Å². The number of nitrogens with zero attached hydrogens (tertiary/aromatic N) is 2. The second-order valence-corrected chi connectivity index (χ2v) is 5.11. The van der Waals surface area contributed by atoms with Crippen LogP contribution in [0.1, 0.15) is 11.4 Å². The van der Waals surface area contributed by atoms with Crippen molar-refractivity contribution in [1.29, 1.82) is 0 Å². The van der Waals surface area contributed by atoms with Gasteiger partial charge in [0, 0.05) is 13.3 Å². The van der Waals surface area contributed by atoms with Crippen LogP contribution >= 0.6 is 0 Å². The first-order valence-corrected chi connectivity index (χ1v) is 5.75. The third-order valence-corrected chi connectivity index (χ3v) is 3.15. The second-order valence-electron chi connectivity index (χ2n) is 3.16. The Morgan fingerprint density at radius 2 is 1.80 bits per heavy atom. The molecule has 0 aliphatic carbocycles. The lowest BCUT2D eigenvalue weighted by molar-refractivity contribution is -0.143. The number of aryl methyl sites for hydroxylation is 1. The molecule has 1 rings (SSSR count). The van der Waals surface area contributed by atoms with Crippen molar-refractivity contribution in [1.82, 2.24) is 9.78 Å². The number of alkyl halides is 3. The van der Waals surface area contributed by atoms with Crippen molar-refractivity contribution in [2.45, 2.75) is 18.0 Å². The Morgan fingerprint density at radius 3 is 2.07 bits per heavy atom. The zero-order valence-corrected chi connectivity index (χ0v) is 9.07. The van der Waals surface area contributed by atoms with Crippen molar-refractivity contribution in [2.24, 2.45) is 7.05 Å². The van der Waals surface area contributed by atoms with Gasteiger partial charge < -0.3 is 0 Å². The monoisotopic (exact) mass is 242 g/mol. The minimum absolute atomic E-state index is 0.0233. The Kier molecular flexibility index (Phi) is 2.58. The smallest absolute Gasteiger partial charge is 0.271 e. The molecular weight excluding hydrogens is 233 g/mol. The third kappa shape index (κ3) is 2.14. The molecule has 86 valence electrons. The Hall–Kier alpha value is -1.05. The summed E-state index contributed by atoms with van der Waals surface area (Å²) >= 11 is 0. The third-order valence-electron chi connectivity index (χ3n) is 1.92. The highest BCUT2D eigenvalue weighted by molar-refractivity contribution is 7.90. The SMILES string of the molecule is Cc1c(S(C)(=O)=O)c(C(F)(F)F)nn1C.